The normalized spacial score (nSPS) is 13.9. The van der Waals surface area contributed by atoms with Gasteiger partial charge in [-0.25, -0.2) is 14.4 Å². The number of carbonyl (C=O) groups is 9. The quantitative estimate of drug-likeness (QED) is 0.0598. The highest BCUT2D eigenvalue weighted by atomic mass is 16.7. The second-order valence-corrected chi connectivity index (χ2v) is 14.5. The number of primary amides is 2. The molecule has 4 rings (SSSR count). The van der Waals surface area contributed by atoms with E-state index >= 15 is 0 Å². The zero-order chi connectivity index (χ0) is 43.9. The molecule has 0 saturated carbocycles. The molecule has 0 spiro atoms. The number of ether oxygens (including phenoxy) is 1. The SMILES string of the molecule is CC(C)[C@@H](C(N)=O)N(C)C(=O)OCc1ccc(NC(=O)[C@H](CCCNC(N)=O)NC(=O)[C@H](Cc2c[nH]c3ccccc23)NC(=O)CCCC(=O)ON2C(=O)CCC2=O)cc1. The highest BCUT2D eigenvalue weighted by Crippen LogP contribution is 2.20. The molecule has 0 unspecified atom stereocenters. The van der Waals surface area contributed by atoms with Gasteiger partial charge in [0.1, 0.15) is 24.7 Å². The van der Waals surface area contributed by atoms with Crippen molar-refractivity contribution in [3.63, 3.8) is 0 Å². The van der Waals surface area contributed by atoms with E-state index in [2.05, 4.69) is 26.3 Å². The smallest absolute Gasteiger partial charge is 0.410 e. The van der Waals surface area contributed by atoms with Gasteiger partial charge in [0.05, 0.1) is 0 Å². The zero-order valence-corrected chi connectivity index (χ0v) is 33.6. The van der Waals surface area contributed by atoms with E-state index in [1.54, 1.807) is 44.3 Å². The third kappa shape index (κ3) is 13.3. The molecule has 60 heavy (non-hydrogen) atoms. The van der Waals surface area contributed by atoms with Gasteiger partial charge in [0.2, 0.25) is 23.6 Å². The van der Waals surface area contributed by atoms with Gasteiger partial charge in [-0.2, -0.15) is 0 Å². The Kier molecular flexibility index (Phi) is 16.5. The van der Waals surface area contributed by atoms with Gasteiger partial charge < -0.3 is 47.3 Å². The Morgan fingerprint density at radius 3 is 2.20 bits per heavy atom. The topological polar surface area (TPSA) is 295 Å². The van der Waals surface area contributed by atoms with Gasteiger partial charge in [-0.05, 0) is 54.5 Å². The Labute approximate surface area is 345 Å². The average molecular weight is 834 g/mol. The summed E-state index contributed by atoms with van der Waals surface area (Å²) in [5.74, 6) is -4.93. The maximum atomic E-state index is 14.0. The molecule has 9 N–H and O–H groups in total. The summed E-state index contributed by atoms with van der Waals surface area (Å²) < 4.78 is 5.35. The number of H-pyrrole nitrogens is 1. The van der Waals surface area contributed by atoms with Crippen LogP contribution in [0.2, 0.25) is 0 Å². The fraction of sp³-hybridized carbons (Fsp3) is 0.425. The number of aromatic nitrogens is 1. The summed E-state index contributed by atoms with van der Waals surface area (Å²) in [6, 6.07) is 9.73. The number of carbonyl (C=O) groups excluding carboxylic acids is 9. The molecule has 1 saturated heterocycles. The molecule has 1 aliphatic heterocycles. The van der Waals surface area contributed by atoms with Crippen LogP contribution < -0.4 is 32.7 Å². The average Bonchev–Trinajstić information content (AvgIpc) is 3.75. The minimum atomic E-state index is -1.19. The number of anilines is 1. The van der Waals surface area contributed by atoms with E-state index in [9.17, 15) is 43.2 Å². The summed E-state index contributed by atoms with van der Waals surface area (Å²) in [6.07, 6.45) is 0.624. The lowest BCUT2D eigenvalue weighted by Crippen LogP contribution is -2.53. The van der Waals surface area contributed by atoms with Crippen LogP contribution in [0.15, 0.2) is 54.7 Å². The monoisotopic (exact) mass is 833 g/mol. The summed E-state index contributed by atoms with van der Waals surface area (Å²) in [7, 11) is 1.42. The highest BCUT2D eigenvalue weighted by molar-refractivity contribution is 6.02. The number of rotatable bonds is 21. The molecule has 322 valence electrons. The molecule has 1 aromatic heterocycles. The van der Waals surface area contributed by atoms with Gasteiger partial charge in [0.15, 0.2) is 0 Å². The van der Waals surface area contributed by atoms with Crippen molar-refractivity contribution in [1.82, 2.24) is 30.9 Å². The lowest BCUT2D eigenvalue weighted by Gasteiger charge is -2.27. The predicted molar refractivity (Wildman–Crippen MR) is 215 cm³/mol. The van der Waals surface area contributed by atoms with Crippen LogP contribution in [0.4, 0.5) is 15.3 Å². The second kappa shape index (κ2) is 21.7. The highest BCUT2D eigenvalue weighted by Gasteiger charge is 2.33. The largest absolute Gasteiger partial charge is 0.445 e. The van der Waals surface area contributed by atoms with E-state index < -0.39 is 71.7 Å². The van der Waals surface area contributed by atoms with Crippen LogP contribution in [0.3, 0.4) is 0 Å². The first-order chi connectivity index (χ1) is 28.5. The van der Waals surface area contributed by atoms with Crippen LogP contribution in [-0.4, -0.2) is 100 Å². The Morgan fingerprint density at radius 1 is 0.867 bits per heavy atom. The van der Waals surface area contributed by atoms with Gasteiger partial charge >= 0.3 is 18.1 Å². The van der Waals surface area contributed by atoms with Crippen molar-refractivity contribution in [3.8, 4) is 0 Å². The van der Waals surface area contributed by atoms with E-state index in [0.717, 1.165) is 15.8 Å². The summed E-state index contributed by atoms with van der Waals surface area (Å²) in [6.45, 7) is 3.47. The molecule has 0 bridgehead atoms. The van der Waals surface area contributed by atoms with Crippen molar-refractivity contribution in [2.24, 2.45) is 17.4 Å². The fourth-order valence-corrected chi connectivity index (χ4v) is 6.49. The summed E-state index contributed by atoms with van der Waals surface area (Å²) >= 11 is 0. The van der Waals surface area contributed by atoms with Crippen LogP contribution in [0.1, 0.15) is 69.9 Å². The van der Waals surface area contributed by atoms with Gasteiger partial charge in [0, 0.05) is 68.5 Å². The maximum absolute atomic E-state index is 14.0. The number of hydroxylamine groups is 2. The molecule has 3 aromatic rings. The number of benzene rings is 2. The van der Waals surface area contributed by atoms with Crippen molar-refractivity contribution < 1.29 is 52.7 Å². The molecule has 0 aliphatic carbocycles. The number of amides is 9. The summed E-state index contributed by atoms with van der Waals surface area (Å²) in [5.41, 5.74) is 13.1. The predicted octanol–water partition coefficient (Wildman–Crippen LogP) is 1.62. The van der Waals surface area contributed by atoms with Gasteiger partial charge in [-0.1, -0.05) is 44.2 Å². The first-order valence-corrected chi connectivity index (χ1v) is 19.4. The Balaban J connectivity index is 1.43. The lowest BCUT2D eigenvalue weighted by atomic mass is 10.0. The van der Waals surface area contributed by atoms with E-state index in [4.69, 9.17) is 21.0 Å². The van der Waals surface area contributed by atoms with E-state index in [1.165, 1.54) is 7.05 Å². The number of hydrogen-bond donors (Lipinski definition) is 7. The summed E-state index contributed by atoms with van der Waals surface area (Å²) in [5, 5.41) is 11.9. The molecular weight excluding hydrogens is 782 g/mol. The summed E-state index contributed by atoms with van der Waals surface area (Å²) in [4.78, 5) is 122. The number of imide groups is 1. The number of para-hydroxylation sites is 1. The molecule has 0 radical (unpaired) electrons. The van der Waals surface area contributed by atoms with Crippen LogP contribution in [0.25, 0.3) is 10.9 Å². The maximum Gasteiger partial charge on any atom is 0.410 e. The van der Waals surface area contributed by atoms with Crippen LogP contribution in [0.5, 0.6) is 0 Å². The molecule has 2 aromatic carbocycles. The molecule has 2 heterocycles. The van der Waals surface area contributed by atoms with Gasteiger partial charge in [-0.15, -0.1) is 5.06 Å². The van der Waals surface area contributed by atoms with Gasteiger partial charge in [-0.3, -0.25) is 33.7 Å². The van der Waals surface area contributed by atoms with Crippen molar-refractivity contribution >= 4 is 70.1 Å². The Bertz CT molecular complexity index is 2050. The molecular formula is C40H51N9O11. The number of aromatic amines is 1. The van der Waals surface area contributed by atoms with Crippen molar-refractivity contribution in [1.29, 1.82) is 0 Å². The fourth-order valence-electron chi connectivity index (χ4n) is 6.49. The van der Waals surface area contributed by atoms with Crippen LogP contribution in [0, 0.1) is 5.92 Å². The Morgan fingerprint density at radius 2 is 1.55 bits per heavy atom. The number of likely N-dealkylation sites (N-methyl/N-ethyl adjacent to an activating group) is 1. The third-order valence-corrected chi connectivity index (χ3v) is 9.55. The number of urea groups is 1. The third-order valence-electron chi connectivity index (χ3n) is 9.55. The molecule has 20 heteroatoms. The Hall–Kier alpha value is -6.99. The number of nitrogens with two attached hydrogens (primary N) is 2. The second-order valence-electron chi connectivity index (χ2n) is 14.5. The molecule has 1 fully saturated rings. The number of fused-ring (bicyclic) bond motifs is 1. The number of nitrogens with zero attached hydrogens (tertiary/aromatic N) is 2. The van der Waals surface area contributed by atoms with Crippen molar-refractivity contribution in [2.75, 3.05) is 18.9 Å². The first-order valence-electron chi connectivity index (χ1n) is 19.4. The first kappa shape index (κ1) is 45.7. The van der Waals surface area contributed by atoms with E-state index in [1.807, 2.05) is 24.3 Å². The molecule has 3 atom stereocenters. The minimum absolute atomic E-state index is 0.0167. The molecule has 9 amide bonds. The van der Waals surface area contributed by atoms with E-state index in [0.29, 0.717) is 21.9 Å². The zero-order valence-electron chi connectivity index (χ0n) is 33.6. The standard InChI is InChI=1S/C40H51N9O11/c1-23(2)35(36(41)54)48(3)40(58)59-22-24-13-15-26(16-14-24)45-37(55)29(10-7-19-43-39(42)57)47-38(56)30(20-25-21-44-28-9-5-4-8-27(25)28)46-31(50)11-6-12-34(53)60-49-32(51)17-18-33(49)52/h4-5,8-9,13-16,21,23,29-30,35,44H,6-7,10-12,17-20,22H2,1-3H3,(H2,41,54)(H,45,55)(H,46,50)(H,47,56)(H3,42,43,57)/t29-,30-,35-/m0/s1. The number of hydrogen-bond acceptors (Lipinski definition) is 11. The van der Waals surface area contributed by atoms with Crippen molar-refractivity contribution in [2.45, 2.75) is 89.9 Å². The molecule has 20 nitrogen and oxygen atoms in total. The van der Waals surface area contributed by atoms with Crippen LogP contribution in [-0.2, 0) is 56.2 Å². The van der Waals surface area contributed by atoms with Crippen LogP contribution >= 0.6 is 0 Å². The van der Waals surface area contributed by atoms with E-state index in [-0.39, 0.29) is 70.4 Å². The molecule has 1 aliphatic rings. The number of nitrogens with one attached hydrogen (secondary N) is 5. The lowest BCUT2D eigenvalue weighted by molar-refractivity contribution is -0.197. The minimum Gasteiger partial charge on any atom is -0.445 e. The van der Waals surface area contributed by atoms with Crippen molar-refractivity contribution in [3.05, 3.63) is 65.9 Å². The van der Waals surface area contributed by atoms with Gasteiger partial charge in [0.25, 0.3) is 11.8 Å².